The molecule has 3 atom stereocenters. The van der Waals surface area contributed by atoms with E-state index < -0.39 is 29.6 Å². The Kier molecular flexibility index (Phi) is 5.61. The van der Waals surface area contributed by atoms with Gasteiger partial charge >= 0.3 is 0 Å². The maximum absolute atomic E-state index is 13.9. The Balaban J connectivity index is 1.66. The molecular formula is C18H15BrF2N4O. The van der Waals surface area contributed by atoms with Crippen LogP contribution in [0, 0.1) is 23.0 Å². The van der Waals surface area contributed by atoms with E-state index in [0.29, 0.717) is 12.5 Å². The van der Waals surface area contributed by atoms with Gasteiger partial charge in [0.05, 0.1) is 6.07 Å². The van der Waals surface area contributed by atoms with Crippen LogP contribution < -0.4 is 16.2 Å². The van der Waals surface area contributed by atoms with Gasteiger partial charge in [0.1, 0.15) is 23.7 Å². The quantitative estimate of drug-likeness (QED) is 0.710. The van der Waals surface area contributed by atoms with Crippen LogP contribution in [0.1, 0.15) is 29.6 Å². The van der Waals surface area contributed by atoms with E-state index in [4.69, 9.17) is 0 Å². The van der Waals surface area contributed by atoms with Crippen molar-refractivity contribution < 1.29 is 13.6 Å². The molecule has 0 saturated carbocycles. The average molecular weight is 421 g/mol. The first-order chi connectivity index (χ1) is 12.5. The Bertz CT molecular complexity index is 853. The monoisotopic (exact) mass is 420 g/mol. The molecule has 0 bridgehead atoms. The predicted octanol–water partition coefficient (Wildman–Crippen LogP) is 3.02. The normalized spacial score (nSPS) is 20.4. The number of rotatable bonds is 4. The molecule has 134 valence electrons. The van der Waals surface area contributed by atoms with E-state index in [1.807, 2.05) is 30.3 Å². The van der Waals surface area contributed by atoms with Gasteiger partial charge in [0.15, 0.2) is 0 Å². The molecule has 2 aromatic carbocycles. The molecule has 26 heavy (non-hydrogen) atoms. The third kappa shape index (κ3) is 4.07. The fourth-order valence-corrected chi connectivity index (χ4v) is 3.06. The van der Waals surface area contributed by atoms with E-state index in [-0.39, 0.29) is 11.6 Å². The number of hydrazine groups is 1. The number of hydrogen-bond acceptors (Lipinski definition) is 4. The number of hydrogen-bond donors (Lipinski definition) is 3. The third-order valence-electron chi connectivity index (χ3n) is 4.18. The zero-order chi connectivity index (χ0) is 18.7. The first-order valence-electron chi connectivity index (χ1n) is 7.89. The van der Waals surface area contributed by atoms with Gasteiger partial charge in [0, 0.05) is 22.1 Å². The Morgan fingerprint density at radius 3 is 2.62 bits per heavy atom. The second-order valence-corrected chi connectivity index (χ2v) is 6.83. The molecule has 8 heteroatoms. The second kappa shape index (κ2) is 7.91. The van der Waals surface area contributed by atoms with Crippen molar-refractivity contribution in [1.29, 1.82) is 5.26 Å². The molecule has 1 amide bonds. The van der Waals surface area contributed by atoms with Gasteiger partial charge in [-0.15, -0.1) is 0 Å². The van der Waals surface area contributed by atoms with Gasteiger partial charge in [0.25, 0.3) is 0 Å². The van der Waals surface area contributed by atoms with Crippen molar-refractivity contribution in [2.45, 2.75) is 24.5 Å². The molecule has 0 aromatic heterocycles. The van der Waals surface area contributed by atoms with Gasteiger partial charge in [-0.25, -0.2) is 19.6 Å². The van der Waals surface area contributed by atoms with Gasteiger partial charge in [-0.2, -0.15) is 5.26 Å². The number of nitriles is 1. The molecule has 0 radical (unpaired) electrons. The smallest absolute Gasteiger partial charge is 0.239 e. The average Bonchev–Trinajstić information content (AvgIpc) is 3.11. The van der Waals surface area contributed by atoms with Crippen molar-refractivity contribution in [3.05, 3.63) is 69.7 Å². The highest BCUT2D eigenvalue weighted by molar-refractivity contribution is 9.10. The Labute approximate surface area is 157 Å². The topological polar surface area (TPSA) is 77.0 Å². The van der Waals surface area contributed by atoms with Crippen LogP contribution in [0.5, 0.6) is 0 Å². The molecule has 1 aliphatic rings. The highest BCUT2D eigenvalue weighted by Gasteiger charge is 2.31. The van der Waals surface area contributed by atoms with Gasteiger partial charge in [0.2, 0.25) is 5.91 Å². The van der Waals surface area contributed by atoms with Gasteiger partial charge in [-0.05, 0) is 30.2 Å². The molecular weight excluding hydrogens is 406 g/mol. The number of carbonyl (C=O) groups excluding carboxylic acids is 1. The van der Waals surface area contributed by atoms with Crippen molar-refractivity contribution in [2.24, 2.45) is 0 Å². The highest BCUT2D eigenvalue weighted by Crippen LogP contribution is 2.24. The second-order valence-electron chi connectivity index (χ2n) is 5.92. The van der Waals surface area contributed by atoms with Crippen LogP contribution in [-0.4, -0.2) is 11.9 Å². The van der Waals surface area contributed by atoms with Gasteiger partial charge < -0.3 is 5.32 Å². The van der Waals surface area contributed by atoms with Crippen molar-refractivity contribution in [3.8, 4) is 6.07 Å². The summed E-state index contributed by atoms with van der Waals surface area (Å²) in [5, 5.41) is 11.7. The Morgan fingerprint density at radius 2 is 1.96 bits per heavy atom. The van der Waals surface area contributed by atoms with E-state index >= 15 is 0 Å². The van der Waals surface area contributed by atoms with Crippen molar-refractivity contribution in [1.82, 2.24) is 16.2 Å². The number of amides is 1. The number of halogens is 3. The molecule has 1 aliphatic heterocycles. The van der Waals surface area contributed by atoms with Crippen LogP contribution >= 0.6 is 15.9 Å². The van der Waals surface area contributed by atoms with E-state index in [2.05, 4.69) is 32.1 Å². The van der Waals surface area contributed by atoms with Crippen LogP contribution in [0.3, 0.4) is 0 Å². The minimum Gasteiger partial charge on any atom is -0.335 e. The molecule has 0 spiro atoms. The number of nitrogens with one attached hydrogen (secondary N) is 3. The lowest BCUT2D eigenvalue weighted by Gasteiger charge is -2.16. The van der Waals surface area contributed by atoms with Crippen molar-refractivity contribution in [3.63, 3.8) is 0 Å². The van der Waals surface area contributed by atoms with Gasteiger partial charge in [-0.1, -0.05) is 34.1 Å². The highest BCUT2D eigenvalue weighted by atomic mass is 79.9. The van der Waals surface area contributed by atoms with E-state index in [1.54, 1.807) is 0 Å². The lowest BCUT2D eigenvalue weighted by molar-refractivity contribution is -0.123. The first kappa shape index (κ1) is 18.5. The van der Waals surface area contributed by atoms with Crippen LogP contribution in [0.2, 0.25) is 0 Å². The largest absolute Gasteiger partial charge is 0.335 e. The van der Waals surface area contributed by atoms with Crippen LogP contribution in [-0.2, 0) is 4.79 Å². The molecule has 1 saturated heterocycles. The minimum absolute atomic E-state index is 0.0676. The summed E-state index contributed by atoms with van der Waals surface area (Å²) in [5.74, 6) is -2.05. The molecule has 3 rings (SSSR count). The fraction of sp³-hybridized carbons (Fsp3) is 0.222. The minimum atomic E-state index is -1.20. The fourth-order valence-electron chi connectivity index (χ4n) is 2.80. The molecule has 0 aliphatic carbocycles. The summed E-state index contributed by atoms with van der Waals surface area (Å²) in [5.41, 5.74) is 6.87. The summed E-state index contributed by atoms with van der Waals surface area (Å²) >= 11 is 3.37. The van der Waals surface area contributed by atoms with E-state index in [0.717, 1.165) is 22.2 Å². The SMILES string of the molecule is N#CC(NC(=O)C1CC(c2ccc(Br)cc2)NN1)c1ccc(F)cc1F. The van der Waals surface area contributed by atoms with Crippen LogP contribution in [0.25, 0.3) is 0 Å². The summed E-state index contributed by atoms with van der Waals surface area (Å²) in [6, 6.07) is 10.6. The zero-order valence-electron chi connectivity index (χ0n) is 13.5. The molecule has 2 aromatic rings. The van der Waals surface area contributed by atoms with E-state index in [9.17, 15) is 18.8 Å². The summed E-state index contributed by atoms with van der Waals surface area (Å²) in [6.07, 6.45) is 0.470. The molecule has 3 unspecified atom stereocenters. The standard InChI is InChI=1S/C18H15BrF2N4O/c19-11-3-1-10(2-4-11)15-8-16(25-24-15)18(26)23-17(9-22)13-6-5-12(20)7-14(13)21/h1-7,15-17,24-25H,8H2,(H,23,26). The Morgan fingerprint density at radius 1 is 1.23 bits per heavy atom. The number of carbonyl (C=O) groups is 1. The number of nitrogens with zero attached hydrogens (tertiary/aromatic N) is 1. The van der Waals surface area contributed by atoms with Crippen molar-refractivity contribution >= 4 is 21.8 Å². The summed E-state index contributed by atoms with van der Waals surface area (Å²) in [6.45, 7) is 0. The van der Waals surface area contributed by atoms with Gasteiger partial charge in [-0.3, -0.25) is 4.79 Å². The molecule has 3 N–H and O–H groups in total. The Hall–Kier alpha value is -2.34. The number of benzene rings is 2. The zero-order valence-corrected chi connectivity index (χ0v) is 15.1. The van der Waals surface area contributed by atoms with E-state index in [1.165, 1.54) is 0 Å². The molecule has 1 fully saturated rings. The lowest BCUT2D eigenvalue weighted by atomic mass is 10.0. The molecule has 5 nitrogen and oxygen atoms in total. The summed E-state index contributed by atoms with van der Waals surface area (Å²) in [4.78, 5) is 12.4. The summed E-state index contributed by atoms with van der Waals surface area (Å²) in [7, 11) is 0. The predicted molar refractivity (Wildman–Crippen MR) is 94.4 cm³/mol. The van der Waals surface area contributed by atoms with Crippen LogP contribution in [0.4, 0.5) is 8.78 Å². The molecule has 1 heterocycles. The first-order valence-corrected chi connectivity index (χ1v) is 8.68. The maximum Gasteiger partial charge on any atom is 0.239 e. The maximum atomic E-state index is 13.9. The summed E-state index contributed by atoms with van der Waals surface area (Å²) < 4.78 is 27.8. The third-order valence-corrected chi connectivity index (χ3v) is 4.71. The van der Waals surface area contributed by atoms with Crippen molar-refractivity contribution in [2.75, 3.05) is 0 Å². The lowest BCUT2D eigenvalue weighted by Crippen LogP contribution is -2.44. The van der Waals surface area contributed by atoms with Crippen LogP contribution in [0.15, 0.2) is 46.9 Å².